The van der Waals surface area contributed by atoms with E-state index in [9.17, 15) is 20.1 Å². The molecule has 6 heteroatoms. The van der Waals surface area contributed by atoms with Crippen molar-refractivity contribution in [1.29, 1.82) is 0 Å². The van der Waals surface area contributed by atoms with Crippen molar-refractivity contribution in [3.8, 4) is 0 Å². The number of carbonyl (C=O) groups excluding carboxylic acids is 1. The molecule has 82 valence electrons. The van der Waals surface area contributed by atoms with Gasteiger partial charge in [0.25, 0.3) is 0 Å². The van der Waals surface area contributed by atoms with Crippen molar-refractivity contribution in [1.82, 2.24) is 5.32 Å². The largest absolute Gasteiger partial charge is 0.388 e. The lowest BCUT2D eigenvalue weighted by atomic mass is 9.99. The van der Waals surface area contributed by atoms with Gasteiger partial charge < -0.3 is 25.4 Å². The normalized spacial score (nSPS) is 43.4. The summed E-state index contributed by atoms with van der Waals surface area (Å²) in [5, 5.41) is 30.4. The van der Waals surface area contributed by atoms with Crippen LogP contribution < -0.4 is 5.32 Å². The van der Waals surface area contributed by atoms with E-state index in [4.69, 9.17) is 4.74 Å². The van der Waals surface area contributed by atoms with E-state index in [1.165, 1.54) is 6.92 Å². The quantitative estimate of drug-likeness (QED) is 0.395. The second kappa shape index (κ2) is 4.22. The van der Waals surface area contributed by atoms with Crippen LogP contribution >= 0.6 is 0 Å². The molecule has 1 amide bonds. The first kappa shape index (κ1) is 11.4. The van der Waals surface area contributed by atoms with Gasteiger partial charge in [0.15, 0.2) is 6.23 Å². The van der Waals surface area contributed by atoms with Gasteiger partial charge in [-0.15, -0.1) is 0 Å². The van der Waals surface area contributed by atoms with Crippen LogP contribution in [0.2, 0.25) is 0 Å². The van der Waals surface area contributed by atoms with Gasteiger partial charge in [0.1, 0.15) is 18.3 Å². The summed E-state index contributed by atoms with van der Waals surface area (Å²) in [4.78, 5) is 10.7. The Kier molecular flexibility index (Phi) is 3.43. The maximum Gasteiger partial charge on any atom is 0.218 e. The molecule has 5 atom stereocenters. The lowest BCUT2D eigenvalue weighted by Gasteiger charge is -2.39. The third kappa shape index (κ3) is 2.21. The third-order valence-electron chi connectivity index (χ3n) is 2.20. The zero-order valence-electron chi connectivity index (χ0n) is 8.04. The first-order valence-corrected chi connectivity index (χ1v) is 4.40. The van der Waals surface area contributed by atoms with Gasteiger partial charge in [-0.05, 0) is 6.92 Å². The Morgan fingerprint density at radius 3 is 2.29 bits per heavy atom. The van der Waals surface area contributed by atoms with Crippen molar-refractivity contribution in [2.24, 2.45) is 0 Å². The topological polar surface area (TPSA) is 99.0 Å². The summed E-state index contributed by atoms with van der Waals surface area (Å²) in [5.74, 6) is -0.371. The van der Waals surface area contributed by atoms with E-state index in [1.807, 2.05) is 0 Å². The average molecular weight is 205 g/mol. The number of amides is 1. The molecule has 1 aliphatic heterocycles. The van der Waals surface area contributed by atoms with Gasteiger partial charge in [-0.3, -0.25) is 4.79 Å². The van der Waals surface area contributed by atoms with Crippen LogP contribution in [-0.4, -0.2) is 51.9 Å². The van der Waals surface area contributed by atoms with Crippen LogP contribution in [-0.2, 0) is 9.53 Å². The smallest absolute Gasteiger partial charge is 0.218 e. The molecule has 0 spiro atoms. The van der Waals surface area contributed by atoms with Crippen LogP contribution in [0.25, 0.3) is 0 Å². The second-order valence-corrected chi connectivity index (χ2v) is 3.43. The molecule has 0 aliphatic carbocycles. The van der Waals surface area contributed by atoms with Crippen molar-refractivity contribution in [2.75, 3.05) is 0 Å². The molecule has 0 unspecified atom stereocenters. The Balaban J connectivity index is 2.65. The highest BCUT2D eigenvalue weighted by molar-refractivity contribution is 5.73. The van der Waals surface area contributed by atoms with Crippen molar-refractivity contribution >= 4 is 5.91 Å². The summed E-state index contributed by atoms with van der Waals surface area (Å²) < 4.78 is 5.10. The maximum atomic E-state index is 10.7. The van der Waals surface area contributed by atoms with Crippen LogP contribution in [0.4, 0.5) is 0 Å². The average Bonchev–Trinajstić information content (AvgIpc) is 2.10. The minimum atomic E-state index is -1.31. The van der Waals surface area contributed by atoms with Gasteiger partial charge in [0, 0.05) is 6.92 Å². The van der Waals surface area contributed by atoms with Crippen molar-refractivity contribution in [3.63, 3.8) is 0 Å². The summed E-state index contributed by atoms with van der Waals surface area (Å²) in [7, 11) is 0. The van der Waals surface area contributed by atoms with Crippen LogP contribution in [0.1, 0.15) is 13.8 Å². The molecule has 4 N–H and O–H groups in total. The van der Waals surface area contributed by atoms with Crippen molar-refractivity contribution in [3.05, 3.63) is 0 Å². The number of aliphatic hydroxyl groups excluding tert-OH is 3. The summed E-state index contributed by atoms with van der Waals surface area (Å²) in [6.45, 7) is 2.83. The molecule has 1 fully saturated rings. The second-order valence-electron chi connectivity index (χ2n) is 3.43. The van der Waals surface area contributed by atoms with E-state index >= 15 is 0 Å². The Hall–Kier alpha value is -0.690. The summed E-state index contributed by atoms with van der Waals surface area (Å²) in [5.41, 5.74) is 0. The number of ether oxygens (including phenoxy) is 1. The zero-order chi connectivity index (χ0) is 10.9. The fourth-order valence-electron chi connectivity index (χ4n) is 1.37. The minimum absolute atomic E-state index is 0.371. The van der Waals surface area contributed by atoms with Gasteiger partial charge in [-0.2, -0.15) is 0 Å². The Bertz CT molecular complexity index is 222. The summed E-state index contributed by atoms with van der Waals surface area (Å²) in [6, 6.07) is 0. The molecule has 1 heterocycles. The molecule has 14 heavy (non-hydrogen) atoms. The lowest BCUT2D eigenvalue weighted by molar-refractivity contribution is -0.224. The van der Waals surface area contributed by atoms with Crippen molar-refractivity contribution in [2.45, 2.75) is 44.5 Å². The van der Waals surface area contributed by atoms with E-state index in [2.05, 4.69) is 5.32 Å². The van der Waals surface area contributed by atoms with Gasteiger partial charge in [0.05, 0.1) is 6.10 Å². The molecule has 0 aromatic heterocycles. The summed E-state index contributed by atoms with van der Waals surface area (Å²) in [6.07, 6.45) is -5.37. The number of carbonyl (C=O) groups is 1. The first-order valence-electron chi connectivity index (χ1n) is 4.40. The third-order valence-corrected chi connectivity index (χ3v) is 2.20. The predicted molar refractivity (Wildman–Crippen MR) is 46.2 cm³/mol. The molecular weight excluding hydrogens is 190 g/mol. The van der Waals surface area contributed by atoms with E-state index in [1.54, 1.807) is 6.92 Å². The van der Waals surface area contributed by atoms with E-state index < -0.39 is 30.6 Å². The molecule has 0 saturated carbocycles. The van der Waals surface area contributed by atoms with Crippen molar-refractivity contribution < 1.29 is 24.9 Å². The number of nitrogens with one attached hydrogen (secondary N) is 1. The highest BCUT2D eigenvalue weighted by atomic mass is 16.5. The number of hydrogen-bond acceptors (Lipinski definition) is 5. The van der Waals surface area contributed by atoms with Crippen LogP contribution in [0.5, 0.6) is 0 Å². The molecule has 6 nitrogen and oxygen atoms in total. The molecule has 0 aromatic rings. The van der Waals surface area contributed by atoms with E-state index in [0.29, 0.717) is 0 Å². The van der Waals surface area contributed by atoms with Crippen LogP contribution in [0, 0.1) is 0 Å². The summed E-state index contributed by atoms with van der Waals surface area (Å²) >= 11 is 0. The van der Waals surface area contributed by atoms with Crippen LogP contribution in [0.3, 0.4) is 0 Å². The molecule has 1 rings (SSSR count). The zero-order valence-corrected chi connectivity index (χ0v) is 8.04. The Labute approximate surface area is 81.5 Å². The Morgan fingerprint density at radius 2 is 1.79 bits per heavy atom. The SMILES string of the molecule is CC(=O)N[C@@H]1O[C@@H](C)[C@H](O)[C@H](O)[C@H]1O. The molecule has 1 saturated heterocycles. The van der Waals surface area contributed by atoms with Gasteiger partial charge in [-0.1, -0.05) is 0 Å². The van der Waals surface area contributed by atoms with E-state index in [-0.39, 0.29) is 5.91 Å². The standard InChI is InChI=1S/C8H15NO5/c1-3-5(11)6(12)7(13)8(14-3)9-4(2)10/h3,5-8,11-13H,1-2H3,(H,9,10)/t3-,5-,6-,7+,8+/m0/s1. The molecule has 0 radical (unpaired) electrons. The number of aliphatic hydroxyl groups is 3. The monoisotopic (exact) mass is 205 g/mol. The lowest BCUT2D eigenvalue weighted by Crippen LogP contribution is -2.61. The fraction of sp³-hybridized carbons (Fsp3) is 0.875. The highest BCUT2D eigenvalue weighted by Crippen LogP contribution is 2.19. The van der Waals surface area contributed by atoms with Gasteiger partial charge in [-0.25, -0.2) is 0 Å². The number of rotatable bonds is 1. The Morgan fingerprint density at radius 1 is 1.21 bits per heavy atom. The number of hydrogen-bond donors (Lipinski definition) is 4. The van der Waals surface area contributed by atoms with Crippen LogP contribution in [0.15, 0.2) is 0 Å². The molecule has 1 aliphatic rings. The van der Waals surface area contributed by atoms with E-state index in [0.717, 1.165) is 0 Å². The minimum Gasteiger partial charge on any atom is -0.388 e. The fourth-order valence-corrected chi connectivity index (χ4v) is 1.37. The van der Waals surface area contributed by atoms with Gasteiger partial charge in [0.2, 0.25) is 5.91 Å². The van der Waals surface area contributed by atoms with Gasteiger partial charge >= 0.3 is 0 Å². The highest BCUT2D eigenvalue weighted by Gasteiger charge is 2.41. The maximum absolute atomic E-state index is 10.7. The molecule has 0 aromatic carbocycles. The molecule has 0 bridgehead atoms. The molecular formula is C8H15NO5. The first-order chi connectivity index (χ1) is 6.43. The predicted octanol–water partition coefficient (Wildman–Crippen LogP) is -2.05.